The molecule has 0 fully saturated rings. The molecule has 0 aliphatic rings. The van der Waals surface area contributed by atoms with Gasteiger partial charge in [-0.15, -0.1) is 0 Å². The molecule has 1 heterocycles. The van der Waals surface area contributed by atoms with E-state index < -0.39 is 10.8 Å². The van der Waals surface area contributed by atoms with Gasteiger partial charge >= 0.3 is 0 Å². The molecule has 0 radical (unpaired) electrons. The molecule has 5 heteroatoms. The van der Waals surface area contributed by atoms with Crippen molar-refractivity contribution in [3.63, 3.8) is 0 Å². The molecule has 2 N–H and O–H groups in total. The minimum atomic E-state index is -0.708. The molecule has 68 valence electrons. The zero-order valence-corrected chi connectivity index (χ0v) is 7.88. The summed E-state index contributed by atoms with van der Waals surface area (Å²) in [5, 5.41) is 0. The number of imidazole rings is 1. The first kappa shape index (κ1) is 9.25. The molecular formula is C7H13N3OS. The van der Waals surface area contributed by atoms with Gasteiger partial charge in [0.15, 0.2) is 5.95 Å². The summed E-state index contributed by atoms with van der Waals surface area (Å²) in [4.78, 5) is 3.88. The molecule has 1 aromatic rings. The Labute approximate surface area is 74.2 Å². The Kier molecular flexibility index (Phi) is 3.28. The van der Waals surface area contributed by atoms with Crippen molar-refractivity contribution in [2.24, 2.45) is 0 Å². The Morgan fingerprint density at radius 1 is 1.75 bits per heavy atom. The predicted molar refractivity (Wildman–Crippen MR) is 50.2 cm³/mol. The third-order valence-corrected chi connectivity index (χ3v) is 2.44. The van der Waals surface area contributed by atoms with E-state index in [2.05, 4.69) is 4.98 Å². The van der Waals surface area contributed by atoms with Crippen LogP contribution in [0.1, 0.15) is 6.42 Å². The maximum atomic E-state index is 10.7. The molecule has 1 aromatic heterocycles. The number of nitrogens with two attached hydrogens (primary N) is 1. The van der Waals surface area contributed by atoms with E-state index in [0.29, 0.717) is 5.95 Å². The second kappa shape index (κ2) is 4.25. The maximum absolute atomic E-state index is 10.7. The lowest BCUT2D eigenvalue weighted by Gasteiger charge is -2.02. The average molecular weight is 187 g/mol. The fraction of sp³-hybridized carbons (Fsp3) is 0.571. The van der Waals surface area contributed by atoms with Gasteiger partial charge in [0.2, 0.25) is 0 Å². The van der Waals surface area contributed by atoms with Crippen molar-refractivity contribution >= 4 is 16.7 Å². The van der Waals surface area contributed by atoms with Gasteiger partial charge in [-0.25, -0.2) is 4.98 Å². The van der Waals surface area contributed by atoms with Crippen molar-refractivity contribution in [2.75, 3.05) is 17.7 Å². The summed E-state index contributed by atoms with van der Waals surface area (Å²) in [6.07, 6.45) is 6.08. The van der Waals surface area contributed by atoms with Crippen LogP contribution in [-0.4, -0.2) is 25.8 Å². The van der Waals surface area contributed by atoms with Crippen LogP contribution in [0.4, 0.5) is 5.95 Å². The Bertz CT molecular complexity index is 271. The van der Waals surface area contributed by atoms with E-state index >= 15 is 0 Å². The van der Waals surface area contributed by atoms with E-state index in [1.807, 2.05) is 10.8 Å². The van der Waals surface area contributed by atoms with Gasteiger partial charge in [-0.2, -0.15) is 0 Å². The number of hydrogen-bond donors (Lipinski definition) is 1. The highest BCUT2D eigenvalue weighted by atomic mass is 32.2. The monoisotopic (exact) mass is 187 g/mol. The van der Waals surface area contributed by atoms with E-state index in [4.69, 9.17) is 5.73 Å². The van der Waals surface area contributed by atoms with Crippen LogP contribution in [-0.2, 0) is 17.3 Å². The summed E-state index contributed by atoms with van der Waals surface area (Å²) in [5.41, 5.74) is 5.53. The minimum absolute atomic E-state index is 0.525. The van der Waals surface area contributed by atoms with E-state index in [9.17, 15) is 4.21 Å². The number of nitrogen functional groups attached to an aromatic ring is 1. The minimum Gasteiger partial charge on any atom is -0.369 e. The average Bonchev–Trinajstić information content (AvgIpc) is 2.36. The smallest absolute Gasteiger partial charge is 0.200 e. The van der Waals surface area contributed by atoms with Crippen molar-refractivity contribution in [2.45, 2.75) is 13.0 Å². The number of anilines is 1. The molecule has 4 nitrogen and oxygen atoms in total. The standard InChI is InChI=1S/C7H13N3OS/c1-12(11)6-2-4-10-5-3-9-7(10)8/h3,5H,2,4,6H2,1H3,(H2,8,9). The highest BCUT2D eigenvalue weighted by molar-refractivity contribution is 7.84. The molecule has 0 saturated carbocycles. The van der Waals surface area contributed by atoms with Gasteiger partial charge in [-0.1, -0.05) is 0 Å². The number of hydrogen-bond acceptors (Lipinski definition) is 3. The fourth-order valence-electron chi connectivity index (χ4n) is 0.968. The highest BCUT2D eigenvalue weighted by Gasteiger charge is 1.97. The number of aromatic nitrogens is 2. The van der Waals surface area contributed by atoms with Gasteiger partial charge in [0.25, 0.3) is 0 Å². The third kappa shape index (κ3) is 2.65. The first-order valence-electron chi connectivity index (χ1n) is 3.77. The van der Waals surface area contributed by atoms with Crippen molar-refractivity contribution in [3.05, 3.63) is 12.4 Å². The lowest BCUT2D eigenvalue weighted by Crippen LogP contribution is -2.05. The Hall–Kier alpha value is -0.840. The zero-order valence-electron chi connectivity index (χ0n) is 7.06. The summed E-state index contributed by atoms with van der Waals surface area (Å²) in [6, 6.07) is 0. The van der Waals surface area contributed by atoms with Gasteiger partial charge in [0.05, 0.1) is 0 Å². The second-order valence-corrected chi connectivity index (χ2v) is 4.16. The van der Waals surface area contributed by atoms with Gasteiger partial charge in [0.1, 0.15) is 0 Å². The van der Waals surface area contributed by atoms with E-state index in [-0.39, 0.29) is 0 Å². The molecule has 0 aliphatic carbocycles. The topological polar surface area (TPSA) is 60.9 Å². The summed E-state index contributed by atoms with van der Waals surface area (Å²) in [5.74, 6) is 1.24. The SMILES string of the molecule is CS(=O)CCCn1ccnc1N. The molecule has 1 atom stereocenters. The van der Waals surface area contributed by atoms with E-state index in [0.717, 1.165) is 18.7 Å². The highest BCUT2D eigenvalue weighted by Crippen LogP contribution is 2.00. The van der Waals surface area contributed by atoms with Crippen LogP contribution >= 0.6 is 0 Å². The predicted octanol–water partition coefficient (Wildman–Crippen LogP) is 0.234. The molecular weight excluding hydrogens is 174 g/mol. The first-order valence-corrected chi connectivity index (χ1v) is 5.49. The number of nitrogens with zero attached hydrogens (tertiary/aromatic N) is 2. The first-order chi connectivity index (χ1) is 5.70. The normalized spacial score (nSPS) is 13.1. The number of aryl methyl sites for hydroxylation is 1. The molecule has 12 heavy (non-hydrogen) atoms. The molecule has 0 bridgehead atoms. The van der Waals surface area contributed by atoms with Crippen LogP contribution in [0.3, 0.4) is 0 Å². The van der Waals surface area contributed by atoms with Gasteiger partial charge < -0.3 is 10.3 Å². The fourth-order valence-corrected chi connectivity index (χ4v) is 1.50. The largest absolute Gasteiger partial charge is 0.369 e. The third-order valence-electron chi connectivity index (χ3n) is 1.58. The van der Waals surface area contributed by atoms with Crippen LogP contribution in [0.25, 0.3) is 0 Å². The van der Waals surface area contributed by atoms with Gasteiger partial charge in [-0.3, -0.25) is 4.21 Å². The van der Waals surface area contributed by atoms with Crippen molar-refractivity contribution in [1.29, 1.82) is 0 Å². The molecule has 0 saturated heterocycles. The lowest BCUT2D eigenvalue weighted by molar-refractivity contribution is 0.665. The van der Waals surface area contributed by atoms with Crippen LogP contribution in [0, 0.1) is 0 Å². The molecule has 0 amide bonds. The Morgan fingerprint density at radius 3 is 3.00 bits per heavy atom. The van der Waals surface area contributed by atoms with Crippen LogP contribution in [0.5, 0.6) is 0 Å². The quantitative estimate of drug-likeness (QED) is 0.734. The number of rotatable bonds is 4. The molecule has 0 aromatic carbocycles. The van der Waals surface area contributed by atoms with Crippen LogP contribution in [0.2, 0.25) is 0 Å². The zero-order chi connectivity index (χ0) is 8.97. The van der Waals surface area contributed by atoms with Crippen molar-refractivity contribution in [1.82, 2.24) is 9.55 Å². The second-order valence-electron chi connectivity index (χ2n) is 2.61. The molecule has 0 spiro atoms. The molecule has 0 aliphatic heterocycles. The van der Waals surface area contributed by atoms with Gasteiger partial charge in [0, 0.05) is 41.7 Å². The molecule has 1 unspecified atom stereocenters. The van der Waals surface area contributed by atoms with Crippen LogP contribution in [0.15, 0.2) is 12.4 Å². The summed E-state index contributed by atoms with van der Waals surface area (Å²) in [6.45, 7) is 0.797. The lowest BCUT2D eigenvalue weighted by atomic mass is 10.5. The van der Waals surface area contributed by atoms with E-state index in [1.54, 1.807) is 12.5 Å². The Balaban J connectivity index is 2.33. The summed E-state index contributed by atoms with van der Waals surface area (Å²) >= 11 is 0. The van der Waals surface area contributed by atoms with Gasteiger partial charge in [-0.05, 0) is 6.42 Å². The van der Waals surface area contributed by atoms with Crippen LogP contribution < -0.4 is 5.73 Å². The van der Waals surface area contributed by atoms with E-state index in [1.165, 1.54) is 0 Å². The Morgan fingerprint density at radius 2 is 2.50 bits per heavy atom. The summed E-state index contributed by atoms with van der Waals surface area (Å²) < 4.78 is 12.6. The van der Waals surface area contributed by atoms with Crippen molar-refractivity contribution < 1.29 is 4.21 Å². The summed E-state index contributed by atoms with van der Waals surface area (Å²) in [7, 11) is -0.708. The maximum Gasteiger partial charge on any atom is 0.200 e. The molecule has 1 rings (SSSR count). The van der Waals surface area contributed by atoms with Crippen molar-refractivity contribution in [3.8, 4) is 0 Å².